The highest BCUT2D eigenvalue weighted by Gasteiger charge is 2.37. The molecule has 0 unspecified atom stereocenters. The monoisotopic (exact) mass is 397 g/mol. The Morgan fingerprint density at radius 2 is 1.96 bits per heavy atom. The molecule has 1 heterocycles. The maximum absolute atomic E-state index is 12.8. The smallest absolute Gasteiger partial charge is 0.243 e. The van der Waals surface area contributed by atoms with Gasteiger partial charge in [-0.1, -0.05) is 13.8 Å². The van der Waals surface area contributed by atoms with Gasteiger partial charge >= 0.3 is 0 Å². The fourth-order valence-corrected chi connectivity index (χ4v) is 4.80. The van der Waals surface area contributed by atoms with Gasteiger partial charge in [0.05, 0.1) is 11.5 Å². The Morgan fingerprint density at radius 1 is 1.30 bits per heavy atom. The molecule has 2 rings (SSSR count). The number of sulfonamides is 1. The second-order valence-electron chi connectivity index (χ2n) is 6.27. The zero-order valence-corrected chi connectivity index (χ0v) is 17.0. The van der Waals surface area contributed by atoms with E-state index in [9.17, 15) is 18.0 Å². The molecule has 0 aliphatic carbocycles. The summed E-state index contributed by atoms with van der Waals surface area (Å²) < 4.78 is 31.8. The number of rotatable bonds is 8. The first-order chi connectivity index (χ1) is 12.8. The van der Waals surface area contributed by atoms with E-state index in [0.717, 1.165) is 0 Å². The van der Waals surface area contributed by atoms with Crippen LogP contribution >= 0.6 is 0 Å². The summed E-state index contributed by atoms with van der Waals surface area (Å²) in [6, 6.07) is 3.98. The second-order valence-corrected chi connectivity index (χ2v) is 8.21. The van der Waals surface area contributed by atoms with Crippen molar-refractivity contribution in [3.8, 4) is 0 Å². The molecule has 2 amide bonds. The molecule has 1 aliphatic rings. The van der Waals surface area contributed by atoms with Gasteiger partial charge in [-0.05, 0) is 23.8 Å². The van der Waals surface area contributed by atoms with E-state index in [4.69, 9.17) is 4.74 Å². The van der Waals surface area contributed by atoms with Crippen LogP contribution in [-0.2, 0) is 30.8 Å². The molecule has 0 spiro atoms. The largest absolute Gasteiger partial charge is 0.383 e. The van der Waals surface area contributed by atoms with E-state index in [1.54, 1.807) is 26.0 Å². The number of methoxy groups -OCH3 is 1. The lowest BCUT2D eigenvalue weighted by Gasteiger charge is -2.23. The molecule has 1 N–H and O–H groups in total. The Labute approximate surface area is 160 Å². The minimum absolute atomic E-state index is 0.175. The minimum Gasteiger partial charge on any atom is -0.383 e. The number of anilines is 1. The first-order valence-electron chi connectivity index (χ1n) is 8.97. The zero-order valence-electron chi connectivity index (χ0n) is 16.2. The fraction of sp³-hybridized carbons (Fsp3) is 0.556. The molecule has 0 aromatic heterocycles. The van der Waals surface area contributed by atoms with Gasteiger partial charge in [-0.25, -0.2) is 8.42 Å². The maximum atomic E-state index is 12.8. The summed E-state index contributed by atoms with van der Waals surface area (Å²) >= 11 is 0. The van der Waals surface area contributed by atoms with Gasteiger partial charge in [0.2, 0.25) is 21.8 Å². The molecule has 1 aliphatic heterocycles. The quantitative estimate of drug-likeness (QED) is 0.654. The van der Waals surface area contributed by atoms with Crippen LogP contribution in [0.3, 0.4) is 0 Å². The molecule has 27 heavy (non-hydrogen) atoms. The molecule has 1 aromatic carbocycles. The summed E-state index contributed by atoms with van der Waals surface area (Å²) in [6.45, 7) is 6.43. The van der Waals surface area contributed by atoms with Crippen molar-refractivity contribution >= 4 is 27.5 Å². The van der Waals surface area contributed by atoms with Crippen LogP contribution in [0.5, 0.6) is 0 Å². The number of ether oxygens (including phenoxy) is 1. The highest BCUT2D eigenvalue weighted by atomic mass is 32.2. The third-order valence-electron chi connectivity index (χ3n) is 4.63. The number of nitrogens with zero attached hydrogens (tertiary/aromatic N) is 2. The maximum Gasteiger partial charge on any atom is 0.243 e. The molecule has 9 heteroatoms. The number of amides is 2. The summed E-state index contributed by atoms with van der Waals surface area (Å²) in [6.07, 6.45) is 0.273. The molecule has 0 saturated carbocycles. The molecular formula is C18H27N3O5S. The van der Waals surface area contributed by atoms with Crippen molar-refractivity contribution in [3.05, 3.63) is 23.8 Å². The number of carbonyl (C=O) groups excluding carboxylic acids is 2. The Kier molecular flexibility index (Phi) is 6.96. The van der Waals surface area contributed by atoms with Crippen LogP contribution in [-0.4, -0.2) is 63.9 Å². The average Bonchev–Trinajstić information content (AvgIpc) is 3.01. The molecule has 0 radical (unpaired) electrons. The number of hydrogen-bond donors (Lipinski definition) is 1. The van der Waals surface area contributed by atoms with E-state index in [1.807, 2.05) is 0 Å². The van der Waals surface area contributed by atoms with Crippen molar-refractivity contribution in [2.75, 3.05) is 38.3 Å². The fourth-order valence-electron chi connectivity index (χ4n) is 3.29. The molecule has 0 bridgehead atoms. The zero-order chi connectivity index (χ0) is 20.2. The number of carbonyl (C=O) groups is 2. The van der Waals surface area contributed by atoms with Crippen molar-refractivity contribution in [3.63, 3.8) is 0 Å². The normalized spacial score (nSPS) is 16.5. The van der Waals surface area contributed by atoms with Crippen LogP contribution in [0, 0.1) is 0 Å². The summed E-state index contributed by atoms with van der Waals surface area (Å²) in [5, 5.41) is 2.74. The third kappa shape index (κ3) is 4.31. The van der Waals surface area contributed by atoms with E-state index in [2.05, 4.69) is 5.32 Å². The number of fused-ring (bicyclic) bond motifs is 1. The molecule has 0 fully saturated rings. The lowest BCUT2D eigenvalue weighted by atomic mass is 10.1. The third-order valence-corrected chi connectivity index (χ3v) is 6.67. The first kappa shape index (κ1) is 21.3. The van der Waals surface area contributed by atoms with Gasteiger partial charge in [-0.15, -0.1) is 0 Å². The molecular weight excluding hydrogens is 370 g/mol. The number of nitrogens with one attached hydrogen (secondary N) is 1. The summed E-state index contributed by atoms with van der Waals surface area (Å²) in [5.74, 6) is -0.549. The van der Waals surface area contributed by atoms with E-state index in [1.165, 1.54) is 29.3 Å². The van der Waals surface area contributed by atoms with Crippen LogP contribution in [0.4, 0.5) is 5.69 Å². The first-order valence-corrected chi connectivity index (χ1v) is 10.4. The van der Waals surface area contributed by atoms with Crippen molar-refractivity contribution in [1.82, 2.24) is 9.62 Å². The molecule has 150 valence electrons. The Balaban J connectivity index is 2.34. The van der Waals surface area contributed by atoms with E-state index in [-0.39, 0.29) is 23.1 Å². The Bertz CT molecular complexity index is 805. The average molecular weight is 397 g/mol. The molecule has 8 nitrogen and oxygen atoms in total. The van der Waals surface area contributed by atoms with Crippen LogP contribution < -0.4 is 10.2 Å². The van der Waals surface area contributed by atoms with Crippen molar-refractivity contribution < 1.29 is 22.7 Å². The molecule has 1 atom stereocenters. The van der Waals surface area contributed by atoms with Crippen molar-refractivity contribution in [1.29, 1.82) is 0 Å². The van der Waals surface area contributed by atoms with E-state index < -0.39 is 16.1 Å². The summed E-state index contributed by atoms with van der Waals surface area (Å²) in [4.78, 5) is 26.2. The Hall–Kier alpha value is -1.97. The standard InChI is InChI=1S/C18H27N3O5S/c1-5-20(6-2)27(24,25)15-7-8-16-14(11-15)12-17(21(16)13(3)22)18(23)19-9-10-26-4/h7-8,11,17H,5-6,9-10,12H2,1-4H3,(H,19,23)/t17-/m1/s1. The van der Waals surface area contributed by atoms with Crippen molar-refractivity contribution in [2.24, 2.45) is 0 Å². The highest BCUT2D eigenvalue weighted by molar-refractivity contribution is 7.89. The highest BCUT2D eigenvalue weighted by Crippen LogP contribution is 2.34. The van der Waals surface area contributed by atoms with Gasteiger partial charge < -0.3 is 10.1 Å². The molecule has 1 aromatic rings. The van der Waals surface area contributed by atoms with Gasteiger partial charge in [-0.2, -0.15) is 4.31 Å². The summed E-state index contributed by atoms with van der Waals surface area (Å²) in [7, 11) is -2.06. The van der Waals surface area contributed by atoms with Crippen molar-refractivity contribution in [2.45, 2.75) is 38.1 Å². The summed E-state index contributed by atoms with van der Waals surface area (Å²) in [5.41, 5.74) is 1.25. The molecule has 0 saturated heterocycles. The van der Waals surface area contributed by atoms with Crippen LogP contribution in [0.25, 0.3) is 0 Å². The number of hydrogen-bond acceptors (Lipinski definition) is 5. The van der Waals surface area contributed by atoms with Crippen LogP contribution in [0.2, 0.25) is 0 Å². The number of benzene rings is 1. The van der Waals surface area contributed by atoms with Gasteiger partial charge in [0.15, 0.2) is 0 Å². The lowest BCUT2D eigenvalue weighted by molar-refractivity contribution is -0.125. The predicted molar refractivity (Wildman–Crippen MR) is 102 cm³/mol. The lowest BCUT2D eigenvalue weighted by Crippen LogP contribution is -2.48. The van der Waals surface area contributed by atoms with E-state index >= 15 is 0 Å². The SMILES string of the molecule is CCN(CC)S(=O)(=O)c1ccc2c(c1)C[C@H](C(=O)NCCOC)N2C(C)=O. The van der Waals surface area contributed by atoms with Gasteiger partial charge in [-0.3, -0.25) is 14.5 Å². The second kappa shape index (κ2) is 8.81. The Morgan fingerprint density at radius 3 is 2.52 bits per heavy atom. The van der Waals surface area contributed by atoms with E-state index in [0.29, 0.717) is 37.5 Å². The van der Waals surface area contributed by atoms with Crippen LogP contribution in [0.15, 0.2) is 23.1 Å². The van der Waals surface area contributed by atoms with Gasteiger partial charge in [0.1, 0.15) is 6.04 Å². The topological polar surface area (TPSA) is 96.0 Å². The van der Waals surface area contributed by atoms with Gasteiger partial charge in [0, 0.05) is 45.8 Å². The minimum atomic E-state index is -3.60. The van der Waals surface area contributed by atoms with Crippen LogP contribution in [0.1, 0.15) is 26.3 Å². The predicted octanol–water partition coefficient (Wildman–Crippen LogP) is 0.757. The van der Waals surface area contributed by atoms with Gasteiger partial charge in [0.25, 0.3) is 0 Å².